The molecule has 4 rings (SSSR count). The van der Waals surface area contributed by atoms with E-state index >= 15 is 0 Å². The van der Waals surface area contributed by atoms with Gasteiger partial charge in [-0.2, -0.15) is 0 Å². The Balaban J connectivity index is 1.76. The van der Waals surface area contributed by atoms with Crippen LogP contribution in [0.1, 0.15) is 20.8 Å². The van der Waals surface area contributed by atoms with E-state index < -0.39 is 154 Å². The van der Waals surface area contributed by atoms with Crippen molar-refractivity contribution < 1.29 is 104 Å². The summed E-state index contributed by atoms with van der Waals surface area (Å²) in [6, 6.07) is -3.09. The Morgan fingerprint density at radius 3 is 1.71 bits per heavy atom. The van der Waals surface area contributed by atoms with Crippen LogP contribution in [0.2, 0.25) is 0 Å². The summed E-state index contributed by atoms with van der Waals surface area (Å²) in [5, 5.41) is 120. The lowest BCUT2D eigenvalue weighted by atomic mass is 9.94. The van der Waals surface area contributed by atoms with Crippen LogP contribution in [0.15, 0.2) is 0 Å². The summed E-state index contributed by atoms with van der Waals surface area (Å²) >= 11 is 0. The molecule has 0 aromatic heterocycles. The Morgan fingerprint density at radius 2 is 1.12 bits per heavy atom. The van der Waals surface area contributed by atoms with E-state index in [1.54, 1.807) is 0 Å². The zero-order valence-corrected chi connectivity index (χ0v) is 27.7. The summed E-state index contributed by atoms with van der Waals surface area (Å²) in [6.07, 6.45) is -31.3. The number of hydrogen-bond donors (Lipinski definition) is 13. The third kappa shape index (κ3) is 9.29. The highest BCUT2D eigenvalue weighted by Crippen LogP contribution is 2.36. The summed E-state index contributed by atoms with van der Waals surface area (Å²) in [6.45, 7) is 0.986. The van der Waals surface area contributed by atoms with E-state index in [2.05, 4.69) is 15.5 Å². The van der Waals surface area contributed by atoms with Gasteiger partial charge in [-0.15, -0.1) is 0 Å². The van der Waals surface area contributed by atoms with Crippen LogP contribution in [-0.2, 0) is 47.6 Å². The Morgan fingerprint density at radius 1 is 0.569 bits per heavy atom. The second-order valence-corrected chi connectivity index (χ2v) is 12.7. The number of hydrogen-bond acceptors (Lipinski definition) is 21. The number of aliphatic hydroxyl groups excluding tert-OH is 10. The molecule has 296 valence electrons. The zero-order valence-electron chi connectivity index (χ0n) is 27.7. The lowest BCUT2D eigenvalue weighted by molar-refractivity contribution is -0.400. The topological polar surface area (TPSA) is 355 Å². The summed E-state index contributed by atoms with van der Waals surface area (Å²) in [4.78, 5) is 28.1. The molecular weight excluding hydrogens is 700 g/mol. The van der Waals surface area contributed by atoms with Gasteiger partial charge >= 0.3 is 0 Å². The van der Waals surface area contributed by atoms with Gasteiger partial charge in [0.05, 0.1) is 19.3 Å². The highest BCUT2D eigenvalue weighted by molar-refractivity contribution is 5.73. The maximum Gasteiger partial charge on any atom is 0.217 e. The molecule has 2 amide bonds. The first kappa shape index (κ1) is 41.9. The van der Waals surface area contributed by atoms with Crippen molar-refractivity contribution in [1.29, 1.82) is 0 Å². The number of nitrogens with one attached hydrogen (secondary N) is 2. The van der Waals surface area contributed by atoms with Crippen LogP contribution >= 0.6 is 0 Å². The van der Waals surface area contributed by atoms with Crippen molar-refractivity contribution in [2.45, 2.75) is 143 Å². The van der Waals surface area contributed by atoms with Crippen LogP contribution in [0, 0.1) is 0 Å². The lowest BCUT2D eigenvalue weighted by Gasteiger charge is -2.51. The Hall–Kier alpha value is -1.82. The zero-order chi connectivity index (χ0) is 37.9. The van der Waals surface area contributed by atoms with Crippen molar-refractivity contribution in [3.63, 3.8) is 0 Å². The van der Waals surface area contributed by atoms with Crippen molar-refractivity contribution in [2.75, 3.05) is 19.8 Å². The van der Waals surface area contributed by atoms with Gasteiger partial charge in [-0.3, -0.25) is 14.8 Å². The van der Waals surface area contributed by atoms with Crippen molar-refractivity contribution in [3.8, 4) is 0 Å². The van der Waals surface area contributed by atoms with E-state index in [-0.39, 0.29) is 0 Å². The van der Waals surface area contributed by atoms with Crippen LogP contribution in [0.3, 0.4) is 0 Å². The van der Waals surface area contributed by atoms with Gasteiger partial charge in [-0.1, -0.05) is 0 Å². The second-order valence-electron chi connectivity index (χ2n) is 12.7. The fourth-order valence-corrected chi connectivity index (χ4v) is 6.33. The first-order valence-electron chi connectivity index (χ1n) is 16.1. The average molecular weight is 749 g/mol. The molecule has 4 saturated heterocycles. The monoisotopic (exact) mass is 748 g/mol. The van der Waals surface area contributed by atoms with Gasteiger partial charge in [-0.05, 0) is 6.92 Å². The van der Waals surface area contributed by atoms with E-state index in [1.165, 1.54) is 6.92 Å². The standard InChI is InChI=1S/C28H48N2O21/c1-7-15(35)20(40)21(41)27(45-7)51-24-23(50-26-14(30-9(3)34)18(38)16(36)10(4-31)47-26)17(37)11(5-32)48-28(24)49-22-12(6-44-43)46-25(42)13(19(22)39)29-8(2)33/h7,10-28,31-32,35-43H,4-6H2,1-3H3,(H,29,33)(H,30,34)/t7-,10+,11+,12+,13+,14+,15+,16-,17-,18+,19+,20+,21-,22+,23-,24+,25-,26+,27-,28-/m0/s1. The van der Waals surface area contributed by atoms with Gasteiger partial charge in [0, 0.05) is 13.8 Å². The SMILES string of the molecule is CC(=O)N[C@@H]1[C@@H](O)[C@H](O[C@@H]2O[C@H](CO)[C@H](O)[C@H](O[C@H]3O[C@H](CO)[C@H](O)[C@H](O)[C@H]3NC(C)=O)[C@H]2O[C@@H]2O[C@@H](C)[C@@H](O)[C@@H](O)[C@@H]2O)[C@@H](COO)O[C@@H]1O. The fraction of sp³-hybridized carbons (Fsp3) is 0.929. The molecule has 0 saturated carbocycles. The smallest absolute Gasteiger partial charge is 0.217 e. The minimum atomic E-state index is -1.96. The van der Waals surface area contributed by atoms with E-state index in [0.717, 1.165) is 13.8 Å². The maximum absolute atomic E-state index is 12.1. The molecule has 0 radical (unpaired) electrons. The van der Waals surface area contributed by atoms with Crippen molar-refractivity contribution in [2.24, 2.45) is 0 Å². The molecule has 0 aromatic carbocycles. The number of carbonyl (C=O) groups excluding carboxylic acids is 2. The van der Waals surface area contributed by atoms with Gasteiger partial charge in [0.2, 0.25) is 11.8 Å². The summed E-state index contributed by atoms with van der Waals surface area (Å²) in [5.41, 5.74) is 0. The molecule has 0 aliphatic carbocycles. The molecular formula is C28H48N2O21. The van der Waals surface area contributed by atoms with Crippen molar-refractivity contribution in [3.05, 3.63) is 0 Å². The van der Waals surface area contributed by atoms with Crippen LogP contribution in [0.5, 0.6) is 0 Å². The summed E-state index contributed by atoms with van der Waals surface area (Å²) in [7, 11) is 0. The first-order valence-corrected chi connectivity index (χ1v) is 16.1. The molecule has 0 unspecified atom stereocenters. The molecule has 13 N–H and O–H groups in total. The van der Waals surface area contributed by atoms with Crippen LogP contribution in [-0.4, -0.2) is 211 Å². The molecule has 0 bridgehead atoms. The Bertz CT molecular complexity index is 1140. The third-order valence-corrected chi connectivity index (χ3v) is 9.03. The van der Waals surface area contributed by atoms with Gasteiger partial charge in [0.15, 0.2) is 25.2 Å². The maximum atomic E-state index is 12.1. The Labute approximate surface area is 290 Å². The van der Waals surface area contributed by atoms with E-state index in [0.29, 0.717) is 0 Å². The molecule has 51 heavy (non-hydrogen) atoms. The molecule has 23 heteroatoms. The van der Waals surface area contributed by atoms with E-state index in [1.807, 2.05) is 0 Å². The summed E-state index contributed by atoms with van der Waals surface area (Å²) < 4.78 is 40.5. The quantitative estimate of drug-likeness (QED) is 0.0651. The minimum absolute atomic E-state index is 0.697. The largest absolute Gasteiger partial charge is 0.394 e. The molecule has 0 spiro atoms. The molecule has 20 atom stereocenters. The number of carbonyl (C=O) groups is 2. The highest BCUT2D eigenvalue weighted by Gasteiger charge is 2.56. The van der Waals surface area contributed by atoms with E-state index in [4.69, 9.17) is 33.2 Å². The second kappa shape index (κ2) is 18.0. The van der Waals surface area contributed by atoms with Gasteiger partial charge in [0.25, 0.3) is 0 Å². The van der Waals surface area contributed by atoms with Gasteiger partial charge in [0.1, 0.15) is 98.0 Å². The van der Waals surface area contributed by atoms with Gasteiger partial charge in [-0.25, -0.2) is 4.89 Å². The molecule has 4 aliphatic heterocycles. The number of rotatable bonds is 12. The predicted octanol–water partition coefficient (Wildman–Crippen LogP) is -7.94. The van der Waals surface area contributed by atoms with Crippen LogP contribution in [0.25, 0.3) is 0 Å². The van der Waals surface area contributed by atoms with E-state index in [9.17, 15) is 65.9 Å². The Kier molecular flexibility index (Phi) is 14.8. The lowest BCUT2D eigenvalue weighted by Crippen LogP contribution is -2.70. The number of ether oxygens (including phenoxy) is 7. The van der Waals surface area contributed by atoms with Crippen LogP contribution < -0.4 is 10.6 Å². The fourth-order valence-electron chi connectivity index (χ4n) is 6.33. The number of aliphatic hydroxyl groups is 10. The molecule has 23 nitrogen and oxygen atoms in total. The third-order valence-electron chi connectivity index (χ3n) is 9.03. The van der Waals surface area contributed by atoms with Gasteiger partial charge < -0.3 is 94.9 Å². The molecule has 0 aromatic rings. The normalized spacial score (nSPS) is 47.8. The van der Waals surface area contributed by atoms with Crippen LogP contribution in [0.4, 0.5) is 0 Å². The average Bonchev–Trinajstić information content (AvgIpc) is 3.07. The molecule has 4 fully saturated rings. The molecule has 4 heterocycles. The number of amides is 2. The highest BCUT2D eigenvalue weighted by atomic mass is 17.1. The first-order chi connectivity index (χ1) is 24.0. The minimum Gasteiger partial charge on any atom is -0.394 e. The predicted molar refractivity (Wildman–Crippen MR) is 157 cm³/mol. The van der Waals surface area contributed by atoms with Crippen molar-refractivity contribution >= 4 is 11.8 Å². The summed E-state index contributed by atoms with van der Waals surface area (Å²) in [5.74, 6) is -1.42. The molecule has 4 aliphatic rings. The van der Waals surface area contributed by atoms with Crippen molar-refractivity contribution in [1.82, 2.24) is 10.6 Å².